The molecule has 6 heteroatoms. The third-order valence-corrected chi connectivity index (χ3v) is 2.39. The average Bonchev–Trinajstić information content (AvgIpc) is 2.62. The molecule has 0 radical (unpaired) electrons. The Labute approximate surface area is 75.8 Å². The van der Waals surface area contributed by atoms with E-state index < -0.39 is 0 Å². The van der Waals surface area contributed by atoms with Crippen molar-refractivity contribution in [1.82, 2.24) is 14.9 Å². The third-order valence-electron chi connectivity index (χ3n) is 2.39. The summed E-state index contributed by atoms with van der Waals surface area (Å²) in [6.07, 6.45) is 0.965. The summed E-state index contributed by atoms with van der Waals surface area (Å²) in [6, 6.07) is 0. The van der Waals surface area contributed by atoms with Crippen LogP contribution in [0.3, 0.4) is 0 Å². The standard InChI is InChI=1S/C7H13N5O/c1-4-2-3-13-5(4)6-10-11-7(8)12(6)9/h4-5H,2-3,9H2,1H3,(H2,8,11). The van der Waals surface area contributed by atoms with Crippen LogP contribution in [0.2, 0.25) is 0 Å². The number of nitrogens with zero attached hydrogens (tertiary/aromatic N) is 3. The van der Waals surface area contributed by atoms with Crippen LogP contribution in [0.25, 0.3) is 0 Å². The summed E-state index contributed by atoms with van der Waals surface area (Å²) in [5, 5.41) is 7.57. The quantitative estimate of drug-likeness (QED) is 0.582. The lowest BCUT2D eigenvalue weighted by Crippen LogP contribution is -2.19. The van der Waals surface area contributed by atoms with Gasteiger partial charge in [-0.1, -0.05) is 6.92 Å². The Morgan fingerprint density at radius 2 is 2.31 bits per heavy atom. The maximum Gasteiger partial charge on any atom is 0.240 e. The van der Waals surface area contributed by atoms with E-state index in [1.54, 1.807) is 0 Å². The highest BCUT2D eigenvalue weighted by Gasteiger charge is 2.30. The van der Waals surface area contributed by atoms with Crippen LogP contribution < -0.4 is 11.6 Å². The average molecular weight is 183 g/mol. The van der Waals surface area contributed by atoms with E-state index in [0.717, 1.165) is 13.0 Å². The van der Waals surface area contributed by atoms with Gasteiger partial charge in [-0.15, -0.1) is 10.2 Å². The summed E-state index contributed by atoms with van der Waals surface area (Å²) in [5.74, 6) is 6.89. The highest BCUT2D eigenvalue weighted by Crippen LogP contribution is 2.32. The number of aromatic nitrogens is 3. The maximum absolute atomic E-state index is 5.63. The number of nitrogen functional groups attached to an aromatic ring is 2. The van der Waals surface area contributed by atoms with E-state index in [2.05, 4.69) is 17.1 Å². The molecule has 2 heterocycles. The van der Waals surface area contributed by atoms with E-state index in [1.165, 1.54) is 4.68 Å². The van der Waals surface area contributed by atoms with Gasteiger partial charge in [0, 0.05) is 6.61 Å². The van der Waals surface area contributed by atoms with Crippen LogP contribution in [-0.2, 0) is 4.74 Å². The molecule has 0 amide bonds. The Morgan fingerprint density at radius 1 is 1.54 bits per heavy atom. The van der Waals surface area contributed by atoms with E-state index in [9.17, 15) is 0 Å². The topological polar surface area (TPSA) is 92.0 Å². The Bertz CT molecular complexity index is 310. The van der Waals surface area contributed by atoms with E-state index in [0.29, 0.717) is 11.7 Å². The van der Waals surface area contributed by atoms with Crippen LogP contribution in [-0.4, -0.2) is 21.5 Å². The molecule has 2 unspecified atom stereocenters. The molecule has 0 aliphatic carbocycles. The minimum Gasteiger partial charge on any atom is -0.370 e. The van der Waals surface area contributed by atoms with Crippen LogP contribution in [0.4, 0.5) is 5.95 Å². The molecular formula is C7H13N5O. The molecule has 2 atom stereocenters. The van der Waals surface area contributed by atoms with Crippen molar-refractivity contribution in [3.63, 3.8) is 0 Å². The number of ether oxygens (including phenoxy) is 1. The first-order valence-electron chi connectivity index (χ1n) is 4.27. The first-order valence-corrected chi connectivity index (χ1v) is 4.27. The predicted octanol–water partition coefficient (Wildman–Crippen LogP) is -0.328. The second kappa shape index (κ2) is 2.88. The summed E-state index contributed by atoms with van der Waals surface area (Å²) in [6.45, 7) is 2.85. The van der Waals surface area contributed by atoms with Gasteiger partial charge in [-0.05, 0) is 12.3 Å². The molecule has 0 bridgehead atoms. The normalized spacial score (nSPS) is 28.1. The van der Waals surface area contributed by atoms with Crippen LogP contribution in [0.15, 0.2) is 0 Å². The second-order valence-corrected chi connectivity index (χ2v) is 3.34. The van der Waals surface area contributed by atoms with Crippen LogP contribution in [0.5, 0.6) is 0 Å². The predicted molar refractivity (Wildman–Crippen MR) is 47.1 cm³/mol. The highest BCUT2D eigenvalue weighted by atomic mass is 16.5. The summed E-state index contributed by atoms with van der Waals surface area (Å²) >= 11 is 0. The van der Waals surface area contributed by atoms with Gasteiger partial charge in [0.1, 0.15) is 6.10 Å². The van der Waals surface area contributed by atoms with Crippen molar-refractivity contribution in [2.45, 2.75) is 19.4 Å². The SMILES string of the molecule is CC1CCOC1c1nnc(N)n1N. The highest BCUT2D eigenvalue weighted by molar-refractivity contribution is 5.18. The Hall–Kier alpha value is -1.30. The molecular weight excluding hydrogens is 170 g/mol. The van der Waals surface area contributed by atoms with Crippen LogP contribution in [0, 0.1) is 5.92 Å². The van der Waals surface area contributed by atoms with E-state index in [-0.39, 0.29) is 12.1 Å². The van der Waals surface area contributed by atoms with Gasteiger partial charge in [0.15, 0.2) is 5.82 Å². The molecule has 0 spiro atoms. The van der Waals surface area contributed by atoms with Gasteiger partial charge >= 0.3 is 0 Å². The van der Waals surface area contributed by atoms with E-state index >= 15 is 0 Å². The molecule has 1 aliphatic rings. The molecule has 1 saturated heterocycles. The minimum absolute atomic E-state index is 0.0604. The number of anilines is 1. The fraction of sp³-hybridized carbons (Fsp3) is 0.714. The van der Waals surface area contributed by atoms with Gasteiger partial charge in [0.2, 0.25) is 5.95 Å². The lowest BCUT2D eigenvalue weighted by molar-refractivity contribution is 0.0854. The summed E-state index contributed by atoms with van der Waals surface area (Å²) in [5.41, 5.74) is 5.46. The zero-order valence-corrected chi connectivity index (χ0v) is 7.47. The fourth-order valence-corrected chi connectivity index (χ4v) is 1.54. The Morgan fingerprint density at radius 3 is 2.77 bits per heavy atom. The summed E-state index contributed by atoms with van der Waals surface area (Å²) in [7, 11) is 0. The summed E-state index contributed by atoms with van der Waals surface area (Å²) < 4.78 is 6.77. The van der Waals surface area contributed by atoms with Crippen LogP contribution >= 0.6 is 0 Å². The van der Waals surface area contributed by atoms with Gasteiger partial charge in [-0.3, -0.25) is 0 Å². The molecule has 1 fully saturated rings. The molecule has 1 aromatic heterocycles. The molecule has 2 rings (SSSR count). The number of hydrogen-bond acceptors (Lipinski definition) is 5. The monoisotopic (exact) mass is 183 g/mol. The van der Waals surface area contributed by atoms with Gasteiger partial charge in [0.25, 0.3) is 0 Å². The zero-order chi connectivity index (χ0) is 9.42. The van der Waals surface area contributed by atoms with Crippen molar-refractivity contribution in [2.24, 2.45) is 5.92 Å². The lowest BCUT2D eigenvalue weighted by atomic mass is 10.0. The largest absolute Gasteiger partial charge is 0.370 e. The van der Waals surface area contributed by atoms with Crippen molar-refractivity contribution in [1.29, 1.82) is 0 Å². The van der Waals surface area contributed by atoms with E-state index in [4.69, 9.17) is 16.3 Å². The summed E-state index contributed by atoms with van der Waals surface area (Å²) in [4.78, 5) is 0. The van der Waals surface area contributed by atoms with Gasteiger partial charge in [-0.2, -0.15) is 0 Å². The Balaban J connectivity index is 2.29. The number of rotatable bonds is 1. The molecule has 1 aromatic rings. The molecule has 0 aromatic carbocycles. The first-order chi connectivity index (χ1) is 6.20. The molecule has 1 aliphatic heterocycles. The minimum atomic E-state index is -0.0604. The molecule has 4 N–H and O–H groups in total. The number of hydrogen-bond donors (Lipinski definition) is 2. The second-order valence-electron chi connectivity index (χ2n) is 3.34. The Kier molecular flexibility index (Phi) is 1.84. The molecule has 72 valence electrons. The smallest absolute Gasteiger partial charge is 0.240 e. The van der Waals surface area contributed by atoms with Gasteiger partial charge < -0.3 is 16.3 Å². The number of nitrogens with two attached hydrogens (primary N) is 2. The fourth-order valence-electron chi connectivity index (χ4n) is 1.54. The van der Waals surface area contributed by atoms with Crippen molar-refractivity contribution in [2.75, 3.05) is 18.2 Å². The molecule has 13 heavy (non-hydrogen) atoms. The third kappa shape index (κ3) is 1.23. The van der Waals surface area contributed by atoms with Crippen molar-refractivity contribution in [3.8, 4) is 0 Å². The van der Waals surface area contributed by atoms with Crippen molar-refractivity contribution in [3.05, 3.63) is 5.82 Å². The molecule has 6 nitrogen and oxygen atoms in total. The van der Waals surface area contributed by atoms with Gasteiger partial charge in [-0.25, -0.2) is 4.68 Å². The lowest BCUT2D eigenvalue weighted by Gasteiger charge is -2.12. The van der Waals surface area contributed by atoms with Crippen LogP contribution in [0.1, 0.15) is 25.3 Å². The first kappa shape index (κ1) is 8.31. The maximum atomic E-state index is 5.63. The van der Waals surface area contributed by atoms with Crippen molar-refractivity contribution >= 4 is 5.95 Å². The zero-order valence-electron chi connectivity index (χ0n) is 7.47. The van der Waals surface area contributed by atoms with E-state index in [1.807, 2.05) is 0 Å². The molecule has 0 saturated carbocycles. The van der Waals surface area contributed by atoms with Gasteiger partial charge in [0.05, 0.1) is 0 Å². The van der Waals surface area contributed by atoms with Crippen molar-refractivity contribution < 1.29 is 4.74 Å².